The predicted octanol–water partition coefficient (Wildman–Crippen LogP) is 3.44. The number of benzene rings is 2. The van der Waals surface area contributed by atoms with E-state index in [-0.39, 0.29) is 6.04 Å². The molecule has 1 atom stereocenters. The molecule has 0 spiro atoms. The second-order valence-electron chi connectivity index (χ2n) is 5.05. The third kappa shape index (κ3) is 3.43. The molecule has 100 valence electrons. The quantitative estimate of drug-likeness (QED) is 0.633. The highest BCUT2D eigenvalue weighted by Gasteiger charge is 2.14. The van der Waals surface area contributed by atoms with E-state index in [2.05, 4.69) is 61.7 Å². The monoisotopic (exact) mass is 254 g/mol. The van der Waals surface area contributed by atoms with Crippen molar-refractivity contribution in [1.82, 2.24) is 5.43 Å². The van der Waals surface area contributed by atoms with Crippen molar-refractivity contribution in [2.24, 2.45) is 5.84 Å². The minimum atomic E-state index is 0.210. The van der Waals surface area contributed by atoms with Crippen LogP contribution in [0.15, 0.2) is 48.5 Å². The number of nitrogens with two attached hydrogens (primary N) is 1. The Bertz CT molecular complexity index is 500. The Hall–Kier alpha value is -1.64. The molecule has 0 saturated heterocycles. The van der Waals surface area contributed by atoms with Crippen molar-refractivity contribution in [2.75, 3.05) is 0 Å². The number of hydrogen-bond acceptors (Lipinski definition) is 2. The molecule has 0 amide bonds. The van der Waals surface area contributed by atoms with E-state index in [1.54, 1.807) is 0 Å². The summed E-state index contributed by atoms with van der Waals surface area (Å²) in [4.78, 5) is 0. The molecule has 19 heavy (non-hydrogen) atoms. The van der Waals surface area contributed by atoms with Crippen molar-refractivity contribution in [1.29, 1.82) is 0 Å². The lowest BCUT2D eigenvalue weighted by Gasteiger charge is -2.21. The molecule has 0 saturated carbocycles. The van der Waals surface area contributed by atoms with Crippen LogP contribution in [0.1, 0.15) is 34.7 Å². The van der Waals surface area contributed by atoms with Crippen LogP contribution in [-0.4, -0.2) is 0 Å². The third-order valence-corrected chi connectivity index (χ3v) is 3.66. The summed E-state index contributed by atoms with van der Waals surface area (Å²) in [7, 11) is 0. The first-order valence-electron chi connectivity index (χ1n) is 6.78. The summed E-state index contributed by atoms with van der Waals surface area (Å²) in [6.07, 6.45) is 2.04. The average Bonchev–Trinajstić information content (AvgIpc) is 2.43. The van der Waals surface area contributed by atoms with E-state index in [4.69, 9.17) is 5.84 Å². The van der Waals surface area contributed by atoms with Crippen LogP contribution in [0.4, 0.5) is 0 Å². The number of hydrogen-bond donors (Lipinski definition) is 2. The van der Waals surface area contributed by atoms with E-state index in [1.165, 1.54) is 22.3 Å². The molecular weight excluding hydrogens is 232 g/mol. The van der Waals surface area contributed by atoms with Gasteiger partial charge in [0.15, 0.2) is 0 Å². The number of hydrazine groups is 1. The topological polar surface area (TPSA) is 38.0 Å². The van der Waals surface area contributed by atoms with Gasteiger partial charge in [-0.2, -0.15) is 0 Å². The molecular formula is C17H22N2. The summed E-state index contributed by atoms with van der Waals surface area (Å²) in [5.74, 6) is 5.76. The molecule has 2 aromatic rings. The molecule has 0 aromatic heterocycles. The Morgan fingerprint density at radius 2 is 1.58 bits per heavy atom. The van der Waals surface area contributed by atoms with Gasteiger partial charge in [-0.1, -0.05) is 48.5 Å². The van der Waals surface area contributed by atoms with Gasteiger partial charge in [-0.25, -0.2) is 0 Å². The molecule has 2 rings (SSSR count). The Kier molecular flexibility index (Phi) is 4.72. The molecule has 1 unspecified atom stereocenters. The van der Waals surface area contributed by atoms with Crippen LogP contribution in [0.5, 0.6) is 0 Å². The van der Waals surface area contributed by atoms with E-state index in [1.807, 2.05) is 6.07 Å². The molecule has 0 radical (unpaired) electrons. The number of rotatable bonds is 5. The highest BCUT2D eigenvalue weighted by atomic mass is 15.2. The maximum atomic E-state index is 5.76. The first-order valence-corrected chi connectivity index (χ1v) is 6.78. The van der Waals surface area contributed by atoms with Gasteiger partial charge in [0.1, 0.15) is 0 Å². The van der Waals surface area contributed by atoms with Gasteiger partial charge in [-0.3, -0.25) is 11.3 Å². The zero-order valence-electron chi connectivity index (χ0n) is 11.7. The van der Waals surface area contributed by atoms with E-state index >= 15 is 0 Å². The summed E-state index contributed by atoms with van der Waals surface area (Å²) >= 11 is 0. The standard InChI is InChI=1S/C17H22N2/c1-13-7-6-8-14(2)17(13)16(19-18)12-11-15-9-4-3-5-10-15/h3-10,16,19H,11-12,18H2,1-2H3. The van der Waals surface area contributed by atoms with E-state index in [9.17, 15) is 0 Å². The first kappa shape index (κ1) is 13.8. The minimum Gasteiger partial charge on any atom is -0.271 e. The fraction of sp³-hybridized carbons (Fsp3) is 0.294. The molecule has 2 aromatic carbocycles. The van der Waals surface area contributed by atoms with Crippen molar-refractivity contribution in [3.05, 3.63) is 70.8 Å². The summed E-state index contributed by atoms with van der Waals surface area (Å²) in [5.41, 5.74) is 8.26. The van der Waals surface area contributed by atoms with Crippen LogP contribution in [0.3, 0.4) is 0 Å². The summed E-state index contributed by atoms with van der Waals surface area (Å²) in [6.45, 7) is 4.30. The molecule has 0 fully saturated rings. The lowest BCUT2D eigenvalue weighted by molar-refractivity contribution is 0.512. The van der Waals surface area contributed by atoms with Crippen LogP contribution in [-0.2, 0) is 6.42 Å². The zero-order valence-corrected chi connectivity index (χ0v) is 11.7. The molecule has 3 N–H and O–H groups in total. The van der Waals surface area contributed by atoms with Crippen molar-refractivity contribution < 1.29 is 0 Å². The van der Waals surface area contributed by atoms with Crippen molar-refractivity contribution in [3.8, 4) is 0 Å². The Balaban J connectivity index is 2.12. The lowest BCUT2D eigenvalue weighted by Crippen LogP contribution is -2.29. The third-order valence-electron chi connectivity index (χ3n) is 3.66. The van der Waals surface area contributed by atoms with E-state index in [0.717, 1.165) is 12.8 Å². The molecule has 0 bridgehead atoms. The van der Waals surface area contributed by atoms with Gasteiger partial charge in [-0.15, -0.1) is 0 Å². The second kappa shape index (κ2) is 6.50. The molecule has 0 aliphatic carbocycles. The maximum Gasteiger partial charge on any atom is 0.0468 e. The summed E-state index contributed by atoms with van der Waals surface area (Å²) < 4.78 is 0. The van der Waals surface area contributed by atoms with Crippen LogP contribution in [0, 0.1) is 13.8 Å². The fourth-order valence-corrected chi connectivity index (χ4v) is 2.64. The average molecular weight is 254 g/mol. The Morgan fingerprint density at radius 3 is 2.16 bits per heavy atom. The van der Waals surface area contributed by atoms with Gasteiger partial charge >= 0.3 is 0 Å². The zero-order chi connectivity index (χ0) is 13.7. The highest BCUT2D eigenvalue weighted by Crippen LogP contribution is 2.25. The van der Waals surface area contributed by atoms with Gasteiger partial charge < -0.3 is 0 Å². The van der Waals surface area contributed by atoms with Crippen molar-refractivity contribution in [2.45, 2.75) is 32.7 Å². The molecule has 2 nitrogen and oxygen atoms in total. The number of nitrogens with one attached hydrogen (secondary N) is 1. The molecule has 0 aliphatic heterocycles. The van der Waals surface area contributed by atoms with E-state index < -0.39 is 0 Å². The highest BCUT2D eigenvalue weighted by molar-refractivity contribution is 5.36. The van der Waals surface area contributed by atoms with Gasteiger partial charge in [0.2, 0.25) is 0 Å². The summed E-state index contributed by atoms with van der Waals surface area (Å²) in [5, 5.41) is 0. The Labute approximate surface area is 115 Å². The van der Waals surface area contributed by atoms with Crippen LogP contribution in [0.25, 0.3) is 0 Å². The first-order chi connectivity index (χ1) is 9.22. The van der Waals surface area contributed by atoms with Gasteiger partial charge in [0.05, 0.1) is 0 Å². The van der Waals surface area contributed by atoms with E-state index in [0.29, 0.717) is 0 Å². The largest absolute Gasteiger partial charge is 0.271 e. The smallest absolute Gasteiger partial charge is 0.0468 e. The SMILES string of the molecule is Cc1cccc(C)c1C(CCc1ccccc1)NN. The van der Waals surface area contributed by atoms with Crippen LogP contribution in [0.2, 0.25) is 0 Å². The normalized spacial score (nSPS) is 12.4. The minimum absolute atomic E-state index is 0.210. The van der Waals surface area contributed by atoms with Crippen molar-refractivity contribution in [3.63, 3.8) is 0 Å². The van der Waals surface area contributed by atoms with Crippen molar-refractivity contribution >= 4 is 0 Å². The Morgan fingerprint density at radius 1 is 0.947 bits per heavy atom. The van der Waals surface area contributed by atoms with Crippen LogP contribution < -0.4 is 11.3 Å². The molecule has 0 aliphatic rings. The number of aryl methyl sites for hydroxylation is 3. The maximum absolute atomic E-state index is 5.76. The van der Waals surface area contributed by atoms with Gasteiger partial charge in [-0.05, 0) is 48.9 Å². The fourth-order valence-electron chi connectivity index (χ4n) is 2.64. The van der Waals surface area contributed by atoms with Gasteiger partial charge in [0.25, 0.3) is 0 Å². The summed E-state index contributed by atoms with van der Waals surface area (Å²) in [6, 6.07) is 17.1. The van der Waals surface area contributed by atoms with Gasteiger partial charge in [0, 0.05) is 6.04 Å². The molecule has 0 heterocycles. The lowest BCUT2D eigenvalue weighted by atomic mass is 9.92. The predicted molar refractivity (Wildman–Crippen MR) is 80.7 cm³/mol. The van der Waals surface area contributed by atoms with Crippen LogP contribution >= 0.6 is 0 Å². The molecule has 2 heteroatoms. The second-order valence-corrected chi connectivity index (χ2v) is 5.05.